The molecule has 0 saturated heterocycles. The van der Waals surface area contributed by atoms with Gasteiger partial charge in [0, 0.05) is 5.57 Å². The van der Waals surface area contributed by atoms with Crippen molar-refractivity contribution in [2.45, 2.75) is 135 Å². The number of phosphoric ester groups is 1. The molecule has 3 atom stereocenters. The molecule has 0 radical (unpaired) electrons. The van der Waals surface area contributed by atoms with Crippen molar-refractivity contribution in [2.24, 2.45) is 0 Å². The third-order valence-corrected chi connectivity index (χ3v) is 7.73. The fourth-order valence-corrected chi connectivity index (χ4v) is 5.45. The van der Waals surface area contributed by atoms with Crippen LogP contribution in [0.15, 0.2) is 11.3 Å². The summed E-state index contributed by atoms with van der Waals surface area (Å²) in [7, 11) is 0.889. The lowest BCUT2D eigenvalue weighted by atomic mass is 10.0. The van der Waals surface area contributed by atoms with Gasteiger partial charge in [-0.2, -0.15) is 0 Å². The molecule has 8 nitrogen and oxygen atoms in total. The molecule has 0 aromatic heterocycles. The molecule has 0 aliphatic carbocycles. The molecule has 0 aliphatic rings. The van der Waals surface area contributed by atoms with Crippen LogP contribution in [0.1, 0.15) is 122 Å². The summed E-state index contributed by atoms with van der Waals surface area (Å²) in [5.74, 6) is 1.66. The highest BCUT2D eigenvalue weighted by atomic mass is 31.2. The topological polar surface area (TPSA) is 116 Å². The Hall–Kier alpha value is -0.780. The summed E-state index contributed by atoms with van der Waals surface area (Å²) < 4.78 is 22.7. The summed E-state index contributed by atoms with van der Waals surface area (Å²) in [5.41, 5.74) is 2.98. The Morgan fingerprint density at radius 3 is 1.67 bits per heavy atom. The summed E-state index contributed by atoms with van der Waals surface area (Å²) in [4.78, 5) is 23.5. The maximum absolute atomic E-state index is 12.3. The number of quaternary nitrogens is 1. The molecule has 0 spiro atoms. The number of aliphatic hydroxyl groups is 2. The van der Waals surface area contributed by atoms with Crippen LogP contribution in [0, 0.1) is 0 Å². The number of nitrogens with zero attached hydrogens (tertiary/aromatic N) is 1. The van der Waals surface area contributed by atoms with Gasteiger partial charge in [0.2, 0.25) is 0 Å². The van der Waals surface area contributed by atoms with E-state index in [9.17, 15) is 19.4 Å². The van der Waals surface area contributed by atoms with Crippen LogP contribution in [0.3, 0.4) is 0 Å². The van der Waals surface area contributed by atoms with Crippen LogP contribution < -0.4 is 4.89 Å². The maximum atomic E-state index is 12.3. The molecule has 0 heterocycles. The van der Waals surface area contributed by atoms with Crippen molar-refractivity contribution in [3.63, 3.8) is 0 Å². The molecule has 0 saturated carbocycles. The number of likely N-dealkylation sites (N-methyl/N-ethyl adjacent to an activating group) is 1. The molecule has 0 fully saturated rings. The smallest absolute Gasteiger partial charge is 0.268 e. The third-order valence-electron chi connectivity index (χ3n) is 6.76. The first kappa shape index (κ1) is 38.2. The summed E-state index contributed by atoms with van der Waals surface area (Å²) >= 11 is 0. The van der Waals surface area contributed by atoms with Gasteiger partial charge < -0.3 is 28.6 Å². The van der Waals surface area contributed by atoms with Crippen molar-refractivity contribution in [3.05, 3.63) is 11.3 Å². The molecule has 0 rings (SSSR count). The first-order chi connectivity index (χ1) is 18.5. The SMILES string of the molecule is CCCCCCCCCCCCCCCCCCCC(=C=C=O)C(C[N+](C)(C)C)OP(=O)([O-])OC[C@H](O)CO. The normalized spacial score (nSPS) is 14.8. The predicted molar refractivity (Wildman–Crippen MR) is 156 cm³/mol. The van der Waals surface area contributed by atoms with E-state index < -0.39 is 33.2 Å². The minimum atomic E-state index is -4.78. The van der Waals surface area contributed by atoms with Gasteiger partial charge in [0.05, 0.1) is 34.4 Å². The van der Waals surface area contributed by atoms with Crippen molar-refractivity contribution in [1.29, 1.82) is 0 Å². The van der Waals surface area contributed by atoms with Crippen molar-refractivity contribution in [2.75, 3.05) is 40.9 Å². The Kier molecular flexibility index (Phi) is 23.4. The zero-order chi connectivity index (χ0) is 29.4. The first-order valence-electron chi connectivity index (χ1n) is 15.3. The zero-order valence-corrected chi connectivity index (χ0v) is 26.2. The van der Waals surface area contributed by atoms with Gasteiger partial charge in [-0.05, 0) is 18.6 Å². The highest BCUT2D eigenvalue weighted by Crippen LogP contribution is 2.42. The number of hydrogen-bond acceptors (Lipinski definition) is 7. The fraction of sp³-hybridized carbons (Fsp3) is 0.900. The average Bonchev–Trinajstić information content (AvgIpc) is 2.87. The summed E-state index contributed by atoms with van der Waals surface area (Å²) in [5, 5.41) is 18.3. The van der Waals surface area contributed by atoms with E-state index in [0.717, 1.165) is 19.3 Å². The molecule has 0 aliphatic heterocycles. The molecule has 9 heteroatoms. The Balaban J connectivity index is 4.27. The average molecular weight is 576 g/mol. The minimum absolute atomic E-state index is 0.279. The van der Waals surface area contributed by atoms with Crippen LogP contribution in [0.2, 0.25) is 0 Å². The van der Waals surface area contributed by atoms with Crippen LogP contribution in [-0.4, -0.2) is 73.7 Å². The maximum Gasteiger partial charge on any atom is 0.268 e. The lowest BCUT2D eigenvalue weighted by Gasteiger charge is -2.33. The second kappa shape index (κ2) is 23.9. The monoisotopic (exact) mass is 575 g/mol. The van der Waals surface area contributed by atoms with Crippen molar-refractivity contribution >= 4 is 13.8 Å². The molecule has 0 aromatic rings. The van der Waals surface area contributed by atoms with E-state index in [0.29, 0.717) is 16.5 Å². The molecule has 39 heavy (non-hydrogen) atoms. The molecule has 0 bridgehead atoms. The number of phosphoric acid groups is 1. The number of aliphatic hydroxyl groups excluding tert-OH is 2. The standard InChI is InChI=1S/C30H58NO7P/c1-5-6-7-8-9-10-11-12-13-14-15-16-17-18-19-20-21-22-28(23-24-32)30(25-31(2,3)4)38-39(35,36)37-27-29(34)26-33/h29-30,33-34H,5-22,25-27H2,1-4H3/t29-,30?/m1/s1. The van der Waals surface area contributed by atoms with Gasteiger partial charge in [0.15, 0.2) is 5.94 Å². The van der Waals surface area contributed by atoms with Crippen LogP contribution in [0.25, 0.3) is 0 Å². The van der Waals surface area contributed by atoms with Crippen LogP contribution in [0.5, 0.6) is 0 Å². The van der Waals surface area contributed by atoms with Gasteiger partial charge in [-0.25, -0.2) is 4.79 Å². The van der Waals surface area contributed by atoms with E-state index >= 15 is 0 Å². The zero-order valence-electron chi connectivity index (χ0n) is 25.3. The van der Waals surface area contributed by atoms with Crippen LogP contribution in [0.4, 0.5) is 0 Å². The summed E-state index contributed by atoms with van der Waals surface area (Å²) in [6, 6.07) is 0. The molecule has 0 aromatic carbocycles. The number of hydrogen-bond donors (Lipinski definition) is 2. The largest absolute Gasteiger partial charge is 0.756 e. The van der Waals surface area contributed by atoms with Crippen LogP contribution in [-0.2, 0) is 18.4 Å². The van der Waals surface area contributed by atoms with Crippen molar-refractivity contribution in [1.82, 2.24) is 0 Å². The Labute approximate surface area is 238 Å². The summed E-state index contributed by atoms with van der Waals surface area (Å²) in [6.45, 7) is 1.31. The van der Waals surface area contributed by atoms with Crippen LogP contribution >= 0.6 is 7.82 Å². The van der Waals surface area contributed by atoms with E-state index in [1.165, 1.54) is 89.9 Å². The Bertz CT molecular complexity index is 727. The molecule has 230 valence electrons. The van der Waals surface area contributed by atoms with E-state index in [1.54, 1.807) is 5.94 Å². The lowest BCUT2D eigenvalue weighted by Crippen LogP contribution is -2.43. The van der Waals surface area contributed by atoms with Gasteiger partial charge in [-0.3, -0.25) is 4.57 Å². The van der Waals surface area contributed by atoms with Gasteiger partial charge in [-0.1, -0.05) is 110 Å². The molecule has 2 N–H and O–H groups in total. The van der Waals surface area contributed by atoms with E-state index in [2.05, 4.69) is 12.7 Å². The quantitative estimate of drug-likeness (QED) is 0.0414. The number of unbranched alkanes of at least 4 members (excludes halogenated alkanes) is 16. The predicted octanol–water partition coefficient (Wildman–Crippen LogP) is 5.87. The minimum Gasteiger partial charge on any atom is -0.756 e. The van der Waals surface area contributed by atoms with Crippen molar-refractivity contribution in [3.8, 4) is 0 Å². The second-order valence-electron chi connectivity index (χ2n) is 11.8. The van der Waals surface area contributed by atoms with Crippen molar-refractivity contribution < 1.29 is 38.0 Å². The van der Waals surface area contributed by atoms with Gasteiger partial charge >= 0.3 is 0 Å². The molecule has 2 unspecified atom stereocenters. The van der Waals surface area contributed by atoms with Gasteiger partial charge in [-0.15, -0.1) is 0 Å². The molecular weight excluding hydrogens is 517 g/mol. The highest BCUT2D eigenvalue weighted by molar-refractivity contribution is 7.45. The summed E-state index contributed by atoms with van der Waals surface area (Å²) in [6.07, 6.45) is 19.8. The molecular formula is C30H58NO7P. The number of rotatable bonds is 27. The fourth-order valence-electron chi connectivity index (χ4n) is 4.53. The van der Waals surface area contributed by atoms with E-state index in [-0.39, 0.29) is 6.54 Å². The first-order valence-corrected chi connectivity index (χ1v) is 16.7. The van der Waals surface area contributed by atoms with Gasteiger partial charge in [0.1, 0.15) is 18.8 Å². The van der Waals surface area contributed by atoms with Gasteiger partial charge in [0.25, 0.3) is 7.82 Å². The van der Waals surface area contributed by atoms with E-state index in [1.807, 2.05) is 21.1 Å². The molecule has 0 amide bonds. The Morgan fingerprint density at radius 2 is 1.28 bits per heavy atom. The lowest BCUT2D eigenvalue weighted by molar-refractivity contribution is -0.872. The van der Waals surface area contributed by atoms with E-state index in [4.69, 9.17) is 14.2 Å². The number of carbonyl (C=O) groups excluding carboxylic acids is 1. The highest BCUT2D eigenvalue weighted by Gasteiger charge is 2.28. The second-order valence-corrected chi connectivity index (χ2v) is 13.2. The Morgan fingerprint density at radius 1 is 0.846 bits per heavy atom. The third kappa shape index (κ3) is 24.7.